The molecule has 3 aromatic rings. The minimum atomic E-state index is -2.67. The van der Waals surface area contributed by atoms with Crippen molar-refractivity contribution in [2.45, 2.75) is 32.2 Å². The van der Waals surface area contributed by atoms with Gasteiger partial charge in [0.05, 0.1) is 28.8 Å². The van der Waals surface area contributed by atoms with E-state index in [0.717, 1.165) is 18.5 Å². The number of benzene rings is 1. The third kappa shape index (κ3) is 3.42. The molecule has 2 N–H and O–H groups in total. The van der Waals surface area contributed by atoms with Gasteiger partial charge in [-0.05, 0) is 38.0 Å². The number of ether oxygens (including phenoxy) is 1. The topological polar surface area (TPSA) is 84.8 Å². The molecule has 1 aliphatic rings. The smallest absolute Gasteiger partial charge is 0.295 e. The molecule has 4 rings (SSSR count). The van der Waals surface area contributed by atoms with Crippen molar-refractivity contribution in [1.29, 1.82) is 0 Å². The van der Waals surface area contributed by atoms with Crippen LogP contribution in [0.3, 0.4) is 0 Å². The van der Waals surface area contributed by atoms with Gasteiger partial charge in [-0.25, -0.2) is 13.8 Å². The molecule has 0 saturated carbocycles. The zero-order valence-corrected chi connectivity index (χ0v) is 14.7. The van der Waals surface area contributed by atoms with E-state index in [2.05, 4.69) is 20.4 Å². The molecule has 1 aromatic carbocycles. The SMILES string of the molecule is Cc1c(C(=O)Nc2ccc3nc(C(F)F)[nH]c3c2)cnn1C1CCOCC1. The van der Waals surface area contributed by atoms with Gasteiger partial charge >= 0.3 is 0 Å². The molecule has 27 heavy (non-hydrogen) atoms. The minimum Gasteiger partial charge on any atom is -0.381 e. The van der Waals surface area contributed by atoms with E-state index in [0.29, 0.717) is 35.5 Å². The van der Waals surface area contributed by atoms with E-state index in [9.17, 15) is 13.6 Å². The van der Waals surface area contributed by atoms with Crippen LogP contribution in [-0.2, 0) is 4.74 Å². The van der Waals surface area contributed by atoms with Gasteiger partial charge in [0.2, 0.25) is 0 Å². The van der Waals surface area contributed by atoms with Gasteiger partial charge < -0.3 is 15.0 Å². The van der Waals surface area contributed by atoms with E-state index in [-0.39, 0.29) is 17.8 Å². The van der Waals surface area contributed by atoms with Crippen molar-refractivity contribution < 1.29 is 18.3 Å². The molecule has 1 saturated heterocycles. The standard InChI is InChI=1S/C18H19F2N5O2/c1-10-13(9-21-25(10)12-4-6-27-7-5-12)18(26)22-11-2-3-14-15(8-11)24-17(23-14)16(19)20/h2-3,8-9,12,16H,4-7H2,1H3,(H,22,26)(H,23,24). The second-order valence-electron chi connectivity index (χ2n) is 6.54. The zero-order chi connectivity index (χ0) is 19.0. The van der Waals surface area contributed by atoms with Gasteiger partial charge in [-0.1, -0.05) is 0 Å². The fourth-order valence-corrected chi connectivity index (χ4v) is 3.35. The summed E-state index contributed by atoms with van der Waals surface area (Å²) in [6.07, 6.45) is 0.622. The van der Waals surface area contributed by atoms with Gasteiger partial charge in [0, 0.05) is 24.6 Å². The van der Waals surface area contributed by atoms with Gasteiger partial charge in [0.15, 0.2) is 5.82 Å². The number of anilines is 1. The highest BCUT2D eigenvalue weighted by atomic mass is 19.3. The quantitative estimate of drug-likeness (QED) is 0.730. The lowest BCUT2D eigenvalue weighted by molar-refractivity contribution is 0.0656. The van der Waals surface area contributed by atoms with Crippen molar-refractivity contribution in [2.24, 2.45) is 0 Å². The third-order valence-electron chi connectivity index (χ3n) is 4.79. The number of alkyl halides is 2. The fourth-order valence-electron chi connectivity index (χ4n) is 3.35. The second kappa shape index (κ2) is 7.07. The monoisotopic (exact) mass is 375 g/mol. The Kier molecular flexibility index (Phi) is 4.61. The van der Waals surface area contributed by atoms with Gasteiger partial charge in [-0.15, -0.1) is 0 Å². The molecular formula is C18H19F2N5O2. The number of carbonyl (C=O) groups is 1. The summed E-state index contributed by atoms with van der Waals surface area (Å²) in [5.74, 6) is -0.680. The van der Waals surface area contributed by atoms with Crippen LogP contribution in [-0.4, -0.2) is 38.9 Å². The van der Waals surface area contributed by atoms with Crippen molar-refractivity contribution in [2.75, 3.05) is 18.5 Å². The van der Waals surface area contributed by atoms with Crippen LogP contribution in [0, 0.1) is 6.92 Å². The summed E-state index contributed by atoms with van der Waals surface area (Å²) in [6, 6.07) is 5.04. The number of H-pyrrole nitrogens is 1. The first-order valence-corrected chi connectivity index (χ1v) is 8.74. The molecular weight excluding hydrogens is 356 g/mol. The number of amides is 1. The number of nitrogens with one attached hydrogen (secondary N) is 2. The van der Waals surface area contributed by atoms with Crippen LogP contribution >= 0.6 is 0 Å². The minimum absolute atomic E-state index is 0.231. The van der Waals surface area contributed by atoms with Gasteiger partial charge in [0.25, 0.3) is 12.3 Å². The molecule has 1 fully saturated rings. The first kappa shape index (κ1) is 17.6. The van der Waals surface area contributed by atoms with Crippen LogP contribution < -0.4 is 5.32 Å². The molecule has 0 aliphatic carbocycles. The Morgan fingerprint density at radius 3 is 2.89 bits per heavy atom. The Hall–Kier alpha value is -2.81. The maximum absolute atomic E-state index is 12.8. The molecule has 0 bridgehead atoms. The van der Waals surface area contributed by atoms with Crippen molar-refractivity contribution >= 4 is 22.6 Å². The second-order valence-corrected chi connectivity index (χ2v) is 6.54. The van der Waals surface area contributed by atoms with Crippen LogP contribution in [0.25, 0.3) is 11.0 Å². The van der Waals surface area contributed by atoms with E-state index in [1.54, 1.807) is 24.4 Å². The lowest BCUT2D eigenvalue weighted by atomic mass is 10.1. The third-order valence-corrected chi connectivity index (χ3v) is 4.79. The van der Waals surface area contributed by atoms with E-state index in [4.69, 9.17) is 4.74 Å². The van der Waals surface area contributed by atoms with E-state index >= 15 is 0 Å². The number of imidazole rings is 1. The van der Waals surface area contributed by atoms with Gasteiger partial charge in [0.1, 0.15) is 0 Å². The summed E-state index contributed by atoms with van der Waals surface area (Å²) in [5.41, 5.74) is 2.64. The van der Waals surface area contributed by atoms with Crippen LogP contribution in [0.4, 0.5) is 14.5 Å². The summed E-state index contributed by atoms with van der Waals surface area (Å²) in [7, 11) is 0. The van der Waals surface area contributed by atoms with Crippen molar-refractivity contribution in [3.05, 3.63) is 41.5 Å². The molecule has 9 heteroatoms. The van der Waals surface area contributed by atoms with Crippen molar-refractivity contribution in [1.82, 2.24) is 19.7 Å². The Balaban J connectivity index is 1.53. The molecule has 7 nitrogen and oxygen atoms in total. The summed E-state index contributed by atoms with van der Waals surface area (Å²) >= 11 is 0. The summed E-state index contributed by atoms with van der Waals surface area (Å²) < 4.78 is 32.8. The van der Waals surface area contributed by atoms with Crippen LogP contribution in [0.2, 0.25) is 0 Å². The number of rotatable bonds is 4. The van der Waals surface area contributed by atoms with E-state index < -0.39 is 6.43 Å². The Morgan fingerprint density at radius 2 is 2.15 bits per heavy atom. The fraction of sp³-hybridized carbons (Fsp3) is 0.389. The first-order valence-electron chi connectivity index (χ1n) is 8.74. The number of halogens is 2. The predicted octanol–water partition coefficient (Wildman–Crippen LogP) is 3.61. The summed E-state index contributed by atoms with van der Waals surface area (Å²) in [5, 5.41) is 7.17. The Labute approximate surface area is 153 Å². The number of hydrogen-bond acceptors (Lipinski definition) is 4. The largest absolute Gasteiger partial charge is 0.381 e. The number of aromatic nitrogens is 4. The zero-order valence-electron chi connectivity index (χ0n) is 14.7. The number of aromatic amines is 1. The van der Waals surface area contributed by atoms with E-state index in [1.165, 1.54) is 0 Å². The van der Waals surface area contributed by atoms with Gasteiger partial charge in [-0.3, -0.25) is 9.48 Å². The molecule has 1 amide bonds. The van der Waals surface area contributed by atoms with Crippen LogP contribution in [0.1, 0.15) is 47.2 Å². The highest BCUT2D eigenvalue weighted by Gasteiger charge is 2.22. The molecule has 2 aromatic heterocycles. The predicted molar refractivity (Wildman–Crippen MR) is 95.1 cm³/mol. The van der Waals surface area contributed by atoms with Crippen LogP contribution in [0.5, 0.6) is 0 Å². The number of nitrogens with zero attached hydrogens (tertiary/aromatic N) is 3. The summed E-state index contributed by atoms with van der Waals surface area (Å²) in [6.45, 7) is 3.25. The molecule has 0 unspecified atom stereocenters. The molecule has 142 valence electrons. The number of carbonyl (C=O) groups excluding carboxylic acids is 1. The van der Waals surface area contributed by atoms with Gasteiger partial charge in [-0.2, -0.15) is 5.10 Å². The molecule has 0 radical (unpaired) electrons. The summed E-state index contributed by atoms with van der Waals surface area (Å²) in [4.78, 5) is 19.0. The molecule has 0 atom stereocenters. The molecule has 1 aliphatic heterocycles. The highest BCUT2D eigenvalue weighted by Crippen LogP contribution is 2.25. The maximum atomic E-state index is 12.8. The number of fused-ring (bicyclic) bond motifs is 1. The average Bonchev–Trinajstić information content (AvgIpc) is 3.25. The lowest BCUT2D eigenvalue weighted by Gasteiger charge is -2.23. The van der Waals surface area contributed by atoms with Crippen molar-refractivity contribution in [3.8, 4) is 0 Å². The first-order chi connectivity index (χ1) is 13.0. The Morgan fingerprint density at radius 1 is 1.37 bits per heavy atom. The molecule has 3 heterocycles. The molecule has 0 spiro atoms. The highest BCUT2D eigenvalue weighted by molar-refractivity contribution is 6.05. The van der Waals surface area contributed by atoms with Crippen LogP contribution in [0.15, 0.2) is 24.4 Å². The number of hydrogen-bond donors (Lipinski definition) is 2. The normalized spacial score (nSPS) is 15.6. The average molecular weight is 375 g/mol. The Bertz CT molecular complexity index is 975. The maximum Gasteiger partial charge on any atom is 0.295 e. The van der Waals surface area contributed by atoms with Crippen molar-refractivity contribution in [3.63, 3.8) is 0 Å². The van der Waals surface area contributed by atoms with E-state index in [1.807, 2.05) is 11.6 Å². The lowest BCUT2D eigenvalue weighted by Crippen LogP contribution is -2.22.